The van der Waals surface area contributed by atoms with E-state index in [2.05, 4.69) is 10.6 Å². The standard InChI is InChI=1S/C20H20Cl2N2O6S/c1-31(27,28)7-6-16(24-19(25)14-4-3-13(21)9-15(14)22)20(26)23-10-12-2-5-17-18(8-12)30-11-29-17/h2-5,8-9,16H,6-7,10-11H2,1H3,(H,23,26)(H,24,25). The molecule has 0 fully saturated rings. The van der Waals surface area contributed by atoms with Crippen molar-refractivity contribution in [2.45, 2.75) is 19.0 Å². The van der Waals surface area contributed by atoms with Crippen molar-refractivity contribution < 1.29 is 27.5 Å². The summed E-state index contributed by atoms with van der Waals surface area (Å²) in [6.45, 7) is 0.292. The molecule has 1 aliphatic heterocycles. The maximum Gasteiger partial charge on any atom is 0.253 e. The first-order chi connectivity index (χ1) is 14.6. The summed E-state index contributed by atoms with van der Waals surface area (Å²) in [7, 11) is -3.35. The van der Waals surface area contributed by atoms with E-state index in [1.54, 1.807) is 18.2 Å². The number of hydrogen-bond donors (Lipinski definition) is 2. The van der Waals surface area contributed by atoms with Gasteiger partial charge in [0.15, 0.2) is 11.5 Å². The third-order valence-corrected chi connectivity index (χ3v) is 6.00. The Kier molecular flexibility index (Phi) is 7.30. The number of rotatable bonds is 8. The zero-order valence-corrected chi connectivity index (χ0v) is 18.8. The molecular formula is C20H20Cl2N2O6S. The van der Waals surface area contributed by atoms with E-state index < -0.39 is 27.7 Å². The molecule has 2 aromatic carbocycles. The maximum absolute atomic E-state index is 12.7. The first-order valence-corrected chi connectivity index (χ1v) is 12.0. The molecule has 11 heteroatoms. The van der Waals surface area contributed by atoms with Gasteiger partial charge in [-0.1, -0.05) is 29.3 Å². The second kappa shape index (κ2) is 9.76. The van der Waals surface area contributed by atoms with Gasteiger partial charge in [0.25, 0.3) is 5.91 Å². The van der Waals surface area contributed by atoms with Crippen LogP contribution in [-0.2, 0) is 21.2 Å². The molecule has 1 heterocycles. The summed E-state index contributed by atoms with van der Waals surface area (Å²) in [4.78, 5) is 25.4. The second-order valence-electron chi connectivity index (χ2n) is 6.97. The van der Waals surface area contributed by atoms with Gasteiger partial charge in [0.1, 0.15) is 15.9 Å². The predicted molar refractivity (Wildman–Crippen MR) is 116 cm³/mol. The SMILES string of the molecule is CS(=O)(=O)CCC(NC(=O)c1ccc(Cl)cc1Cl)C(=O)NCc1ccc2c(c1)OCO2. The van der Waals surface area contributed by atoms with E-state index in [1.165, 1.54) is 18.2 Å². The lowest BCUT2D eigenvalue weighted by molar-refractivity contribution is -0.123. The summed E-state index contributed by atoms with van der Waals surface area (Å²) >= 11 is 11.9. The summed E-state index contributed by atoms with van der Waals surface area (Å²) in [5.74, 6) is -0.221. The molecule has 3 rings (SSSR count). The highest BCUT2D eigenvalue weighted by Gasteiger charge is 2.24. The quantitative estimate of drug-likeness (QED) is 0.592. The van der Waals surface area contributed by atoms with Crippen molar-refractivity contribution in [2.75, 3.05) is 18.8 Å². The fraction of sp³-hybridized carbons (Fsp3) is 0.300. The predicted octanol–water partition coefficient (Wildman–Crippen LogP) is 2.57. The van der Waals surface area contributed by atoms with Gasteiger partial charge in [0.2, 0.25) is 12.7 Å². The summed E-state index contributed by atoms with van der Waals surface area (Å²) < 4.78 is 33.7. The number of ether oxygens (including phenoxy) is 2. The van der Waals surface area contributed by atoms with Crippen LogP contribution in [0.25, 0.3) is 0 Å². The van der Waals surface area contributed by atoms with E-state index in [0.29, 0.717) is 16.5 Å². The summed E-state index contributed by atoms with van der Waals surface area (Å²) in [6, 6.07) is 8.48. The van der Waals surface area contributed by atoms with Crippen molar-refractivity contribution in [3.8, 4) is 11.5 Å². The highest BCUT2D eigenvalue weighted by atomic mass is 35.5. The molecule has 2 amide bonds. The number of hydrogen-bond acceptors (Lipinski definition) is 6. The monoisotopic (exact) mass is 486 g/mol. The Bertz CT molecular complexity index is 1110. The van der Waals surface area contributed by atoms with Crippen LogP contribution in [0.15, 0.2) is 36.4 Å². The molecule has 0 saturated carbocycles. The number of benzene rings is 2. The third kappa shape index (κ3) is 6.49. The van der Waals surface area contributed by atoms with Crippen LogP contribution in [0.4, 0.5) is 0 Å². The average molecular weight is 487 g/mol. The van der Waals surface area contributed by atoms with Crippen LogP contribution in [0.2, 0.25) is 10.0 Å². The number of carbonyl (C=O) groups excluding carboxylic acids is 2. The van der Waals surface area contributed by atoms with Crippen LogP contribution in [0.1, 0.15) is 22.3 Å². The summed E-state index contributed by atoms with van der Waals surface area (Å²) in [5.41, 5.74) is 0.880. The van der Waals surface area contributed by atoms with E-state index in [4.69, 9.17) is 32.7 Å². The fourth-order valence-corrected chi connectivity index (χ4v) is 4.03. The Morgan fingerprint density at radius 1 is 1.10 bits per heavy atom. The van der Waals surface area contributed by atoms with E-state index in [0.717, 1.165) is 11.8 Å². The number of fused-ring (bicyclic) bond motifs is 1. The number of sulfone groups is 1. The Morgan fingerprint density at radius 2 is 1.84 bits per heavy atom. The molecular weight excluding hydrogens is 467 g/mol. The number of amides is 2. The molecule has 1 atom stereocenters. The molecule has 0 spiro atoms. The van der Waals surface area contributed by atoms with Crippen molar-refractivity contribution in [2.24, 2.45) is 0 Å². The van der Waals surface area contributed by atoms with Crippen LogP contribution in [0.3, 0.4) is 0 Å². The first kappa shape index (κ1) is 23.2. The highest BCUT2D eigenvalue weighted by molar-refractivity contribution is 7.90. The minimum Gasteiger partial charge on any atom is -0.454 e. The van der Waals surface area contributed by atoms with Gasteiger partial charge in [-0.3, -0.25) is 9.59 Å². The van der Waals surface area contributed by atoms with Crippen LogP contribution >= 0.6 is 23.2 Å². The van der Waals surface area contributed by atoms with Gasteiger partial charge in [0.05, 0.1) is 16.3 Å². The lowest BCUT2D eigenvalue weighted by Gasteiger charge is -2.19. The molecule has 0 bridgehead atoms. The van der Waals surface area contributed by atoms with Crippen molar-refractivity contribution in [3.63, 3.8) is 0 Å². The molecule has 2 aromatic rings. The molecule has 8 nitrogen and oxygen atoms in total. The van der Waals surface area contributed by atoms with Crippen LogP contribution < -0.4 is 20.1 Å². The minimum atomic E-state index is -3.35. The largest absolute Gasteiger partial charge is 0.454 e. The summed E-state index contributed by atoms with van der Waals surface area (Å²) in [5, 5.41) is 5.74. The molecule has 0 saturated heterocycles. The smallest absolute Gasteiger partial charge is 0.253 e. The van der Waals surface area contributed by atoms with Crippen LogP contribution in [0, 0.1) is 0 Å². The Balaban J connectivity index is 1.69. The molecule has 1 unspecified atom stereocenters. The van der Waals surface area contributed by atoms with Gasteiger partial charge < -0.3 is 20.1 Å². The molecule has 1 aliphatic rings. The van der Waals surface area contributed by atoms with Crippen LogP contribution in [0.5, 0.6) is 11.5 Å². The van der Waals surface area contributed by atoms with Crippen molar-refractivity contribution in [1.29, 1.82) is 0 Å². The van der Waals surface area contributed by atoms with Crippen molar-refractivity contribution in [1.82, 2.24) is 10.6 Å². The summed E-state index contributed by atoms with van der Waals surface area (Å²) in [6.07, 6.45) is 0.967. The zero-order chi connectivity index (χ0) is 22.6. The fourth-order valence-electron chi connectivity index (χ4n) is 2.87. The highest BCUT2D eigenvalue weighted by Crippen LogP contribution is 2.32. The Hall–Kier alpha value is -2.49. The van der Waals surface area contributed by atoms with Gasteiger partial charge >= 0.3 is 0 Å². The molecule has 166 valence electrons. The molecule has 0 aromatic heterocycles. The van der Waals surface area contributed by atoms with Gasteiger partial charge in [-0.2, -0.15) is 0 Å². The first-order valence-electron chi connectivity index (χ1n) is 9.22. The van der Waals surface area contributed by atoms with Gasteiger partial charge in [-0.05, 0) is 42.3 Å². The Labute approximate surface area is 189 Å². The van der Waals surface area contributed by atoms with Gasteiger partial charge in [-0.15, -0.1) is 0 Å². The lowest BCUT2D eigenvalue weighted by Crippen LogP contribution is -2.47. The van der Waals surface area contributed by atoms with E-state index in [1.807, 2.05) is 0 Å². The number of nitrogens with one attached hydrogen (secondary N) is 2. The van der Waals surface area contributed by atoms with E-state index in [9.17, 15) is 18.0 Å². The van der Waals surface area contributed by atoms with E-state index >= 15 is 0 Å². The maximum atomic E-state index is 12.7. The lowest BCUT2D eigenvalue weighted by atomic mass is 10.1. The van der Waals surface area contributed by atoms with Crippen molar-refractivity contribution in [3.05, 3.63) is 57.6 Å². The van der Waals surface area contributed by atoms with Crippen LogP contribution in [-0.4, -0.2) is 45.1 Å². The molecule has 0 radical (unpaired) electrons. The number of carbonyl (C=O) groups is 2. The van der Waals surface area contributed by atoms with Crippen molar-refractivity contribution >= 4 is 44.9 Å². The molecule has 2 N–H and O–H groups in total. The Morgan fingerprint density at radius 3 is 2.55 bits per heavy atom. The second-order valence-corrected chi connectivity index (χ2v) is 10.1. The minimum absolute atomic E-state index is 0.0945. The molecule has 31 heavy (non-hydrogen) atoms. The molecule has 0 aliphatic carbocycles. The van der Waals surface area contributed by atoms with Gasteiger partial charge in [-0.25, -0.2) is 8.42 Å². The van der Waals surface area contributed by atoms with E-state index in [-0.39, 0.29) is 36.1 Å². The normalized spacial score (nSPS) is 13.5. The topological polar surface area (TPSA) is 111 Å². The van der Waals surface area contributed by atoms with Gasteiger partial charge in [0, 0.05) is 17.8 Å². The zero-order valence-electron chi connectivity index (χ0n) is 16.5. The number of halogens is 2. The average Bonchev–Trinajstić information content (AvgIpc) is 3.16. The third-order valence-electron chi connectivity index (χ3n) is 4.48.